The predicted molar refractivity (Wildman–Crippen MR) is 97.2 cm³/mol. The highest BCUT2D eigenvalue weighted by atomic mass is 16.5. The molecule has 0 saturated carbocycles. The summed E-state index contributed by atoms with van der Waals surface area (Å²) in [4.78, 5) is 4.03. The minimum Gasteiger partial charge on any atom is -0.493 e. The van der Waals surface area contributed by atoms with Gasteiger partial charge in [0.2, 0.25) is 0 Å². The minimum absolute atomic E-state index is 0.403. The van der Waals surface area contributed by atoms with Crippen molar-refractivity contribution in [3.63, 3.8) is 0 Å². The maximum absolute atomic E-state index is 5.91. The lowest BCUT2D eigenvalue weighted by atomic mass is 10.2. The van der Waals surface area contributed by atoms with Crippen molar-refractivity contribution in [1.29, 1.82) is 0 Å². The molecule has 0 amide bonds. The second-order valence-corrected chi connectivity index (χ2v) is 6.05. The molecule has 0 aliphatic heterocycles. The number of hydrogen-bond donors (Lipinski definition) is 1. The summed E-state index contributed by atoms with van der Waals surface area (Å²) in [6.07, 6.45) is 5.55. The average molecular weight is 356 g/mol. The van der Waals surface area contributed by atoms with E-state index in [1.54, 1.807) is 13.3 Å². The fourth-order valence-corrected chi connectivity index (χ4v) is 2.66. The normalized spacial score (nSPS) is 10.9. The third kappa shape index (κ3) is 4.43. The SMILES string of the molecule is COc1cc(CNCCn2ccnc2)ccc1OCc1c(C)noc1C. The maximum atomic E-state index is 5.91. The lowest BCUT2D eigenvalue weighted by Crippen LogP contribution is -2.19. The number of imidazole rings is 1. The number of nitrogens with zero attached hydrogens (tertiary/aromatic N) is 3. The number of aromatic nitrogens is 3. The Morgan fingerprint density at radius 3 is 2.81 bits per heavy atom. The molecule has 0 bridgehead atoms. The molecule has 0 spiro atoms. The number of methoxy groups -OCH3 is 1. The summed E-state index contributed by atoms with van der Waals surface area (Å²) < 4.78 is 18.6. The van der Waals surface area contributed by atoms with E-state index in [0.717, 1.165) is 42.2 Å². The smallest absolute Gasteiger partial charge is 0.161 e. The van der Waals surface area contributed by atoms with Gasteiger partial charge in [-0.05, 0) is 31.5 Å². The highest BCUT2D eigenvalue weighted by Crippen LogP contribution is 2.29. The zero-order valence-corrected chi connectivity index (χ0v) is 15.4. The van der Waals surface area contributed by atoms with Crippen molar-refractivity contribution in [2.75, 3.05) is 13.7 Å². The van der Waals surface area contributed by atoms with Gasteiger partial charge in [-0.2, -0.15) is 0 Å². The van der Waals surface area contributed by atoms with Gasteiger partial charge in [0.05, 0.1) is 24.7 Å². The second-order valence-electron chi connectivity index (χ2n) is 6.05. The van der Waals surface area contributed by atoms with Crippen LogP contribution in [0.4, 0.5) is 0 Å². The standard InChI is InChI=1S/C19H24N4O3/c1-14-17(15(2)26-22-14)12-25-18-5-4-16(10-19(18)24-3)11-20-6-8-23-9-7-21-13-23/h4-5,7,9-10,13,20H,6,8,11-12H2,1-3H3. The van der Waals surface area contributed by atoms with E-state index in [9.17, 15) is 0 Å². The Labute approximate surface area is 152 Å². The van der Waals surface area contributed by atoms with Crippen molar-refractivity contribution in [2.24, 2.45) is 0 Å². The van der Waals surface area contributed by atoms with Gasteiger partial charge in [0, 0.05) is 32.0 Å². The molecule has 1 N–H and O–H groups in total. The van der Waals surface area contributed by atoms with E-state index in [4.69, 9.17) is 14.0 Å². The third-order valence-electron chi connectivity index (χ3n) is 4.22. The molecule has 7 heteroatoms. The molecule has 0 aliphatic carbocycles. The molecule has 3 rings (SSSR count). The van der Waals surface area contributed by atoms with E-state index >= 15 is 0 Å². The summed E-state index contributed by atoms with van der Waals surface area (Å²) >= 11 is 0. The molecule has 138 valence electrons. The Balaban J connectivity index is 1.55. The molecule has 0 aliphatic rings. The summed E-state index contributed by atoms with van der Waals surface area (Å²) in [5.74, 6) is 2.19. The molecular weight excluding hydrogens is 332 g/mol. The van der Waals surface area contributed by atoms with Crippen LogP contribution in [0, 0.1) is 13.8 Å². The second kappa shape index (κ2) is 8.53. The Morgan fingerprint density at radius 1 is 1.23 bits per heavy atom. The predicted octanol–water partition coefficient (Wildman–Crippen LogP) is 2.87. The summed E-state index contributed by atoms with van der Waals surface area (Å²) in [6, 6.07) is 5.96. The van der Waals surface area contributed by atoms with Crippen LogP contribution in [0.25, 0.3) is 0 Å². The molecular formula is C19H24N4O3. The molecule has 0 unspecified atom stereocenters. The zero-order valence-electron chi connectivity index (χ0n) is 15.4. The zero-order chi connectivity index (χ0) is 18.4. The van der Waals surface area contributed by atoms with Gasteiger partial charge in [0.1, 0.15) is 12.4 Å². The van der Waals surface area contributed by atoms with E-state index in [-0.39, 0.29) is 0 Å². The van der Waals surface area contributed by atoms with Crippen LogP contribution in [0.2, 0.25) is 0 Å². The topological polar surface area (TPSA) is 74.3 Å². The monoisotopic (exact) mass is 356 g/mol. The molecule has 0 radical (unpaired) electrons. The Hall–Kier alpha value is -2.80. The van der Waals surface area contributed by atoms with Crippen LogP contribution in [-0.4, -0.2) is 28.4 Å². The summed E-state index contributed by atoms with van der Waals surface area (Å²) in [5.41, 5.74) is 2.95. The number of ether oxygens (including phenoxy) is 2. The van der Waals surface area contributed by atoms with E-state index in [1.807, 2.05) is 49.1 Å². The van der Waals surface area contributed by atoms with Crippen LogP contribution in [0.5, 0.6) is 11.5 Å². The van der Waals surface area contributed by atoms with Crippen LogP contribution in [0.1, 0.15) is 22.6 Å². The highest BCUT2D eigenvalue weighted by molar-refractivity contribution is 5.43. The fraction of sp³-hybridized carbons (Fsp3) is 0.368. The molecule has 0 fully saturated rings. The number of hydrogen-bond acceptors (Lipinski definition) is 6. The van der Waals surface area contributed by atoms with Crippen molar-refractivity contribution in [3.05, 3.63) is 59.5 Å². The fourth-order valence-electron chi connectivity index (χ4n) is 2.66. The summed E-state index contributed by atoms with van der Waals surface area (Å²) in [6.45, 7) is 6.70. The molecule has 7 nitrogen and oxygen atoms in total. The molecule has 2 heterocycles. The quantitative estimate of drug-likeness (QED) is 0.594. The number of nitrogens with one attached hydrogen (secondary N) is 1. The molecule has 26 heavy (non-hydrogen) atoms. The van der Waals surface area contributed by atoms with Crippen molar-refractivity contribution in [1.82, 2.24) is 20.0 Å². The van der Waals surface area contributed by atoms with E-state index in [1.165, 1.54) is 0 Å². The number of benzene rings is 1. The van der Waals surface area contributed by atoms with Crippen molar-refractivity contribution in [3.8, 4) is 11.5 Å². The first kappa shape index (κ1) is 18.0. The van der Waals surface area contributed by atoms with E-state index in [0.29, 0.717) is 18.1 Å². The van der Waals surface area contributed by atoms with Gasteiger partial charge in [-0.3, -0.25) is 0 Å². The van der Waals surface area contributed by atoms with Gasteiger partial charge in [-0.15, -0.1) is 0 Å². The van der Waals surface area contributed by atoms with Gasteiger partial charge in [-0.1, -0.05) is 11.2 Å². The lowest BCUT2D eigenvalue weighted by Gasteiger charge is -2.13. The number of aryl methyl sites for hydroxylation is 2. The lowest BCUT2D eigenvalue weighted by molar-refractivity contribution is 0.281. The third-order valence-corrected chi connectivity index (χ3v) is 4.22. The van der Waals surface area contributed by atoms with Gasteiger partial charge in [0.15, 0.2) is 11.5 Å². The maximum Gasteiger partial charge on any atom is 0.161 e. The highest BCUT2D eigenvalue weighted by Gasteiger charge is 2.12. The van der Waals surface area contributed by atoms with E-state index < -0.39 is 0 Å². The van der Waals surface area contributed by atoms with Crippen LogP contribution < -0.4 is 14.8 Å². The largest absolute Gasteiger partial charge is 0.493 e. The molecule has 1 aromatic carbocycles. The Morgan fingerprint density at radius 2 is 2.12 bits per heavy atom. The summed E-state index contributed by atoms with van der Waals surface area (Å²) in [7, 11) is 1.65. The summed E-state index contributed by atoms with van der Waals surface area (Å²) in [5, 5.41) is 7.36. The van der Waals surface area contributed by atoms with Crippen molar-refractivity contribution in [2.45, 2.75) is 33.5 Å². The van der Waals surface area contributed by atoms with Crippen LogP contribution in [0.15, 0.2) is 41.4 Å². The van der Waals surface area contributed by atoms with Crippen LogP contribution >= 0.6 is 0 Å². The first-order valence-corrected chi connectivity index (χ1v) is 8.55. The first-order chi connectivity index (χ1) is 12.7. The van der Waals surface area contributed by atoms with Crippen molar-refractivity contribution >= 4 is 0 Å². The molecule has 3 aromatic rings. The van der Waals surface area contributed by atoms with E-state index in [2.05, 4.69) is 15.5 Å². The Kier molecular flexibility index (Phi) is 5.91. The Bertz CT molecular complexity index is 808. The van der Waals surface area contributed by atoms with Gasteiger partial charge in [0.25, 0.3) is 0 Å². The average Bonchev–Trinajstić information content (AvgIpc) is 3.28. The number of rotatable bonds is 9. The molecule has 0 atom stereocenters. The molecule has 0 saturated heterocycles. The van der Waals surface area contributed by atoms with Crippen LogP contribution in [-0.2, 0) is 19.7 Å². The van der Waals surface area contributed by atoms with Gasteiger partial charge >= 0.3 is 0 Å². The van der Waals surface area contributed by atoms with Crippen molar-refractivity contribution < 1.29 is 14.0 Å². The first-order valence-electron chi connectivity index (χ1n) is 8.55. The molecule has 2 aromatic heterocycles. The van der Waals surface area contributed by atoms with Crippen LogP contribution in [0.3, 0.4) is 0 Å². The van der Waals surface area contributed by atoms with Gasteiger partial charge in [-0.25, -0.2) is 4.98 Å². The van der Waals surface area contributed by atoms with Gasteiger partial charge < -0.3 is 23.9 Å². The minimum atomic E-state index is 0.403.